The summed E-state index contributed by atoms with van der Waals surface area (Å²) in [7, 11) is 1.48. The normalized spacial score (nSPS) is 25.9. The van der Waals surface area contributed by atoms with Crippen LogP contribution in [0.3, 0.4) is 0 Å². The molecule has 0 aliphatic carbocycles. The smallest absolute Gasteiger partial charge is 0.311 e. The number of rotatable bonds is 3. The molecule has 1 fully saturated rings. The number of hydrogen-bond acceptors (Lipinski definition) is 3. The Labute approximate surface area is 95.4 Å². The van der Waals surface area contributed by atoms with Crippen molar-refractivity contribution in [2.45, 2.75) is 32.8 Å². The maximum atomic E-state index is 12.0. The summed E-state index contributed by atoms with van der Waals surface area (Å²) in [5.74, 6) is -1.00. The van der Waals surface area contributed by atoms with Crippen molar-refractivity contribution < 1.29 is 19.4 Å². The van der Waals surface area contributed by atoms with Gasteiger partial charge in [-0.05, 0) is 27.2 Å². The van der Waals surface area contributed by atoms with Crippen LogP contribution in [0.5, 0.6) is 0 Å². The fraction of sp³-hybridized carbons (Fsp3) is 0.818. The molecule has 0 bridgehead atoms. The van der Waals surface area contributed by atoms with Crippen LogP contribution >= 0.6 is 0 Å². The van der Waals surface area contributed by atoms with E-state index in [1.807, 2.05) is 0 Å². The lowest BCUT2D eigenvalue weighted by Gasteiger charge is -2.28. The molecule has 0 aromatic rings. The number of ether oxygens (including phenoxy) is 1. The summed E-state index contributed by atoms with van der Waals surface area (Å²) in [6, 6.07) is 0. The molecule has 1 saturated heterocycles. The molecule has 16 heavy (non-hydrogen) atoms. The van der Waals surface area contributed by atoms with Crippen molar-refractivity contribution in [3.05, 3.63) is 0 Å². The maximum absolute atomic E-state index is 12.0. The lowest BCUT2D eigenvalue weighted by Crippen LogP contribution is -2.46. The highest BCUT2D eigenvalue weighted by molar-refractivity contribution is 5.86. The molecule has 92 valence electrons. The molecule has 1 rings (SSSR count). The van der Waals surface area contributed by atoms with Gasteiger partial charge in [0.05, 0.1) is 5.41 Å². The molecule has 5 nitrogen and oxygen atoms in total. The number of hydrogen-bond donors (Lipinski definition) is 1. The largest absolute Gasteiger partial charge is 0.481 e. The second-order valence-corrected chi connectivity index (χ2v) is 5.06. The minimum atomic E-state index is -0.885. The third-order valence-corrected chi connectivity index (χ3v) is 3.30. The van der Waals surface area contributed by atoms with Gasteiger partial charge in [0.25, 0.3) is 5.91 Å². The van der Waals surface area contributed by atoms with Crippen molar-refractivity contribution in [3.8, 4) is 0 Å². The lowest BCUT2D eigenvalue weighted by molar-refractivity contribution is -0.152. The summed E-state index contributed by atoms with van der Waals surface area (Å²) >= 11 is 0. The van der Waals surface area contributed by atoms with Crippen LogP contribution in [0.2, 0.25) is 0 Å². The molecule has 1 heterocycles. The molecule has 0 spiro atoms. The van der Waals surface area contributed by atoms with Crippen LogP contribution in [0.25, 0.3) is 0 Å². The number of carboxylic acid groups (broad SMARTS) is 1. The van der Waals surface area contributed by atoms with E-state index in [0.717, 1.165) is 0 Å². The van der Waals surface area contributed by atoms with Crippen molar-refractivity contribution in [1.29, 1.82) is 0 Å². The molecular formula is C11H19NO4. The van der Waals surface area contributed by atoms with Gasteiger partial charge in [0.1, 0.15) is 5.60 Å². The first-order valence-electron chi connectivity index (χ1n) is 5.31. The zero-order valence-electron chi connectivity index (χ0n) is 10.2. The second-order valence-electron chi connectivity index (χ2n) is 5.06. The SMILES string of the molecule is COC(C)(C)C(=O)N1CCC(C)(C(=O)O)C1. The molecule has 1 N–H and O–H groups in total. The second kappa shape index (κ2) is 4.05. The minimum Gasteiger partial charge on any atom is -0.481 e. The number of aliphatic carboxylic acids is 1. The Bertz CT molecular complexity index is 313. The van der Waals surface area contributed by atoms with Crippen molar-refractivity contribution in [2.24, 2.45) is 5.41 Å². The molecule has 0 aromatic heterocycles. The molecule has 5 heteroatoms. The van der Waals surface area contributed by atoms with E-state index in [2.05, 4.69) is 0 Å². The van der Waals surface area contributed by atoms with E-state index in [0.29, 0.717) is 13.0 Å². The highest BCUT2D eigenvalue weighted by Crippen LogP contribution is 2.31. The number of nitrogens with zero attached hydrogens (tertiary/aromatic N) is 1. The minimum absolute atomic E-state index is 0.153. The average Bonchev–Trinajstić information content (AvgIpc) is 2.61. The van der Waals surface area contributed by atoms with Crippen LogP contribution in [0, 0.1) is 5.41 Å². The van der Waals surface area contributed by atoms with Gasteiger partial charge in [0, 0.05) is 20.2 Å². The van der Waals surface area contributed by atoms with Crippen molar-refractivity contribution in [1.82, 2.24) is 4.90 Å². The Kier molecular flexibility index (Phi) is 3.28. The maximum Gasteiger partial charge on any atom is 0.311 e. The first-order chi connectivity index (χ1) is 7.23. The first-order valence-corrected chi connectivity index (χ1v) is 5.31. The third-order valence-electron chi connectivity index (χ3n) is 3.30. The summed E-state index contributed by atoms with van der Waals surface area (Å²) < 4.78 is 5.10. The number of carbonyl (C=O) groups is 2. The number of carbonyl (C=O) groups excluding carboxylic acids is 1. The number of carboxylic acids is 1. The predicted octanol–water partition coefficient (Wildman–Crippen LogP) is 0.735. The summed E-state index contributed by atoms with van der Waals surface area (Å²) in [6.07, 6.45) is 0.494. The predicted molar refractivity (Wildman–Crippen MR) is 58.0 cm³/mol. The molecule has 1 atom stereocenters. The average molecular weight is 229 g/mol. The van der Waals surface area contributed by atoms with Crippen molar-refractivity contribution in [2.75, 3.05) is 20.2 Å². The van der Waals surface area contributed by atoms with Crippen LogP contribution in [0.15, 0.2) is 0 Å². The lowest BCUT2D eigenvalue weighted by atomic mass is 9.90. The monoisotopic (exact) mass is 229 g/mol. The van der Waals surface area contributed by atoms with E-state index in [-0.39, 0.29) is 12.5 Å². The van der Waals surface area contributed by atoms with E-state index in [9.17, 15) is 9.59 Å². The van der Waals surface area contributed by atoms with E-state index >= 15 is 0 Å². The zero-order valence-corrected chi connectivity index (χ0v) is 10.2. The van der Waals surface area contributed by atoms with Gasteiger partial charge >= 0.3 is 5.97 Å². The fourth-order valence-electron chi connectivity index (χ4n) is 1.78. The summed E-state index contributed by atoms with van der Waals surface area (Å²) in [5.41, 5.74) is -1.71. The topological polar surface area (TPSA) is 66.8 Å². The number of amides is 1. The van der Waals surface area contributed by atoms with Gasteiger partial charge in [-0.15, -0.1) is 0 Å². The third kappa shape index (κ3) is 2.19. The van der Waals surface area contributed by atoms with Gasteiger partial charge in [-0.1, -0.05) is 0 Å². The highest BCUT2D eigenvalue weighted by atomic mass is 16.5. The van der Waals surface area contributed by atoms with Crippen LogP contribution in [-0.2, 0) is 14.3 Å². The number of likely N-dealkylation sites (tertiary alicyclic amines) is 1. The molecule has 0 aromatic carbocycles. The van der Waals surface area contributed by atoms with Gasteiger partial charge in [-0.2, -0.15) is 0 Å². The Morgan fingerprint density at radius 1 is 1.44 bits per heavy atom. The highest BCUT2D eigenvalue weighted by Gasteiger charge is 2.45. The Balaban J connectivity index is 2.74. The van der Waals surface area contributed by atoms with Gasteiger partial charge in [0.15, 0.2) is 0 Å². The Hall–Kier alpha value is -1.10. The molecular weight excluding hydrogens is 210 g/mol. The van der Waals surface area contributed by atoms with Gasteiger partial charge in [-0.3, -0.25) is 9.59 Å². The fourth-order valence-corrected chi connectivity index (χ4v) is 1.78. The summed E-state index contributed by atoms with van der Waals surface area (Å²) in [5, 5.41) is 9.06. The standard InChI is InChI=1S/C11H19NO4/c1-10(2,16-4)8(13)12-6-5-11(3,7-12)9(14)15/h5-7H2,1-4H3,(H,14,15). The number of methoxy groups -OCH3 is 1. The van der Waals surface area contributed by atoms with E-state index in [4.69, 9.17) is 9.84 Å². The van der Waals surface area contributed by atoms with Crippen LogP contribution < -0.4 is 0 Å². The van der Waals surface area contributed by atoms with Gasteiger partial charge in [0.2, 0.25) is 0 Å². The van der Waals surface area contributed by atoms with Crippen molar-refractivity contribution >= 4 is 11.9 Å². The van der Waals surface area contributed by atoms with Crippen LogP contribution in [0.1, 0.15) is 27.2 Å². The Morgan fingerprint density at radius 3 is 2.38 bits per heavy atom. The van der Waals surface area contributed by atoms with Crippen molar-refractivity contribution in [3.63, 3.8) is 0 Å². The molecule has 0 radical (unpaired) electrons. The zero-order chi connectivity index (χ0) is 12.6. The molecule has 1 unspecified atom stereocenters. The summed E-state index contributed by atoms with van der Waals surface area (Å²) in [6.45, 7) is 5.78. The van der Waals surface area contributed by atoms with E-state index in [1.54, 1.807) is 25.7 Å². The van der Waals surface area contributed by atoms with Gasteiger partial charge in [-0.25, -0.2) is 0 Å². The van der Waals surface area contributed by atoms with Crippen LogP contribution in [-0.4, -0.2) is 47.7 Å². The van der Waals surface area contributed by atoms with Crippen LogP contribution in [0.4, 0.5) is 0 Å². The van der Waals surface area contributed by atoms with E-state index in [1.165, 1.54) is 7.11 Å². The molecule has 1 aliphatic rings. The van der Waals surface area contributed by atoms with Gasteiger partial charge < -0.3 is 14.7 Å². The quantitative estimate of drug-likeness (QED) is 0.775. The molecule has 0 saturated carbocycles. The Morgan fingerprint density at radius 2 is 2.00 bits per heavy atom. The summed E-state index contributed by atoms with van der Waals surface area (Å²) in [4.78, 5) is 24.6. The van der Waals surface area contributed by atoms with E-state index < -0.39 is 17.0 Å². The first kappa shape index (κ1) is 13.0. The molecule has 1 amide bonds. The molecule has 1 aliphatic heterocycles.